The van der Waals surface area contributed by atoms with Crippen LogP contribution in [0.2, 0.25) is 5.28 Å². The summed E-state index contributed by atoms with van der Waals surface area (Å²) in [5, 5.41) is 16.4. The summed E-state index contributed by atoms with van der Waals surface area (Å²) in [6.45, 7) is 1.90. The maximum absolute atomic E-state index is 7.62. The predicted molar refractivity (Wildman–Crippen MR) is 91.7 cm³/mol. The van der Waals surface area contributed by atoms with Gasteiger partial charge in [0.1, 0.15) is 11.6 Å². The fourth-order valence-electron chi connectivity index (χ4n) is 3.45. The van der Waals surface area contributed by atoms with Gasteiger partial charge in [0.15, 0.2) is 0 Å². The fraction of sp³-hybridized carbons (Fsp3) is 0.615. The number of rotatable bonds is 5. The van der Waals surface area contributed by atoms with E-state index in [-0.39, 0.29) is 5.28 Å². The van der Waals surface area contributed by atoms with Crippen molar-refractivity contribution >= 4 is 41.6 Å². The minimum Gasteiger partial charge on any atom is -0.372 e. The highest BCUT2D eigenvalue weighted by Crippen LogP contribution is 2.52. The molecule has 1 saturated carbocycles. The lowest BCUT2D eigenvalue weighted by Gasteiger charge is -2.60. The Morgan fingerprint density at radius 1 is 1.50 bits per heavy atom. The van der Waals surface area contributed by atoms with E-state index in [2.05, 4.69) is 24.5 Å². The van der Waals surface area contributed by atoms with Crippen LogP contribution >= 0.6 is 23.7 Å². The Kier molecular flexibility index (Phi) is 4.19. The van der Waals surface area contributed by atoms with Gasteiger partial charge in [-0.1, -0.05) is 0 Å². The summed E-state index contributed by atoms with van der Waals surface area (Å²) < 4.78 is 2.12. The topological polar surface area (TPSA) is 94.2 Å². The highest BCUT2D eigenvalue weighted by atomic mass is 35.5. The summed E-state index contributed by atoms with van der Waals surface area (Å²) in [5.74, 6) is 1.34. The van der Waals surface area contributed by atoms with E-state index in [0.717, 1.165) is 31.7 Å². The molecule has 9 heteroatoms. The van der Waals surface area contributed by atoms with Crippen LogP contribution in [-0.2, 0) is 0 Å². The van der Waals surface area contributed by atoms with Gasteiger partial charge in [0.2, 0.25) is 5.28 Å². The summed E-state index contributed by atoms with van der Waals surface area (Å²) in [6.07, 6.45) is 3.59. The third-order valence-electron chi connectivity index (χ3n) is 4.65. The Labute approximate surface area is 139 Å². The van der Waals surface area contributed by atoms with Gasteiger partial charge in [-0.25, -0.2) is 9.29 Å². The van der Waals surface area contributed by atoms with Crippen molar-refractivity contribution < 1.29 is 0 Å². The summed E-state index contributed by atoms with van der Waals surface area (Å²) >= 11 is 7.30. The van der Waals surface area contributed by atoms with Crippen LogP contribution in [-0.4, -0.2) is 53.7 Å². The van der Waals surface area contributed by atoms with Crippen molar-refractivity contribution in [2.45, 2.75) is 18.9 Å². The quantitative estimate of drug-likeness (QED) is 0.425. The summed E-state index contributed by atoms with van der Waals surface area (Å²) in [6, 6.07) is 0.557. The summed E-state index contributed by atoms with van der Waals surface area (Å²) in [4.78, 5) is 10.6. The zero-order chi connectivity index (χ0) is 15.9. The lowest BCUT2D eigenvalue weighted by atomic mass is 9.60. The summed E-state index contributed by atoms with van der Waals surface area (Å²) in [7, 11) is 3.80. The van der Waals surface area contributed by atoms with Gasteiger partial charge in [-0.2, -0.15) is 4.98 Å². The number of anilines is 2. The van der Waals surface area contributed by atoms with Gasteiger partial charge in [-0.05, 0) is 31.5 Å². The first-order chi connectivity index (χ1) is 10.5. The molecule has 1 aromatic rings. The molecule has 22 heavy (non-hydrogen) atoms. The molecule has 120 valence electrons. The first kappa shape index (κ1) is 15.8. The van der Waals surface area contributed by atoms with Gasteiger partial charge in [-0.15, -0.1) is 0 Å². The van der Waals surface area contributed by atoms with E-state index in [0.29, 0.717) is 22.8 Å². The van der Waals surface area contributed by atoms with Gasteiger partial charge in [0, 0.05) is 49.9 Å². The Hall–Kier alpha value is -1.09. The van der Waals surface area contributed by atoms with Gasteiger partial charge < -0.3 is 15.6 Å². The van der Waals surface area contributed by atoms with Crippen molar-refractivity contribution in [3.63, 3.8) is 0 Å². The van der Waals surface area contributed by atoms with Crippen molar-refractivity contribution in [1.82, 2.24) is 14.3 Å². The monoisotopic (exact) mass is 341 g/mol. The van der Waals surface area contributed by atoms with Crippen LogP contribution in [0, 0.1) is 10.8 Å². The Morgan fingerprint density at radius 3 is 2.73 bits per heavy atom. The van der Waals surface area contributed by atoms with E-state index >= 15 is 0 Å². The van der Waals surface area contributed by atoms with Crippen molar-refractivity contribution in [3.05, 3.63) is 10.8 Å². The minimum atomic E-state index is 0.205. The molecule has 0 bridgehead atoms. The third kappa shape index (κ3) is 2.54. The third-order valence-corrected chi connectivity index (χ3v) is 5.45. The van der Waals surface area contributed by atoms with E-state index < -0.39 is 0 Å². The highest BCUT2D eigenvalue weighted by molar-refractivity contribution is 7.94. The molecule has 1 aliphatic carbocycles. The molecule has 0 aromatic carbocycles. The molecule has 1 saturated heterocycles. The maximum atomic E-state index is 7.62. The second-order valence-corrected chi connectivity index (χ2v) is 7.17. The molecule has 2 heterocycles. The Morgan fingerprint density at radius 2 is 2.18 bits per heavy atom. The Balaban J connectivity index is 1.71. The molecule has 4 N–H and O–H groups in total. The molecule has 1 aliphatic heterocycles. The molecule has 2 aliphatic rings. The van der Waals surface area contributed by atoms with Crippen LogP contribution in [0.3, 0.4) is 0 Å². The molecule has 1 aromatic heterocycles. The molecule has 0 unspecified atom stereocenters. The molecule has 0 amide bonds. The predicted octanol–water partition coefficient (Wildman–Crippen LogP) is 1.59. The van der Waals surface area contributed by atoms with Crippen molar-refractivity contribution in [2.75, 3.05) is 37.4 Å². The zero-order valence-electron chi connectivity index (χ0n) is 12.6. The molecule has 7 nitrogen and oxygen atoms in total. The van der Waals surface area contributed by atoms with Crippen LogP contribution in [0.5, 0.6) is 0 Å². The number of aromatic nitrogens is 2. The van der Waals surface area contributed by atoms with E-state index in [1.165, 1.54) is 18.3 Å². The van der Waals surface area contributed by atoms with Gasteiger partial charge in [-0.3, -0.25) is 5.14 Å². The van der Waals surface area contributed by atoms with E-state index in [9.17, 15) is 0 Å². The van der Waals surface area contributed by atoms with E-state index in [1.54, 1.807) is 7.05 Å². The standard InChI is InChI=1S/C13H20ClN7S/c1-17-10-9(5-15)11(19-12(14)18-10)21-6-13(7-21)3-8(4-13)20(2)22-16/h5,8,15H,3-4,6-7,16H2,1-2H3,(H,17,18,19). The first-order valence-corrected chi connectivity index (χ1v) is 8.34. The van der Waals surface area contributed by atoms with Crippen molar-refractivity contribution in [2.24, 2.45) is 10.6 Å². The van der Waals surface area contributed by atoms with Crippen LogP contribution < -0.4 is 15.4 Å². The molecule has 0 radical (unpaired) electrons. The van der Waals surface area contributed by atoms with E-state index in [1.807, 2.05) is 7.05 Å². The number of hydrogen-bond acceptors (Lipinski definition) is 8. The largest absolute Gasteiger partial charge is 0.372 e. The van der Waals surface area contributed by atoms with Gasteiger partial charge in [0.05, 0.1) is 5.56 Å². The number of nitrogens with zero attached hydrogens (tertiary/aromatic N) is 4. The Bertz CT molecular complexity index is 582. The zero-order valence-corrected chi connectivity index (χ0v) is 14.2. The molecule has 3 rings (SSSR count). The number of nitrogens with one attached hydrogen (secondary N) is 2. The number of nitrogens with two attached hydrogens (primary N) is 1. The lowest BCUT2D eigenvalue weighted by Crippen LogP contribution is -2.66. The number of halogens is 1. The molecule has 0 atom stereocenters. The summed E-state index contributed by atoms with van der Waals surface area (Å²) in [5.41, 5.74) is 1.05. The SMILES string of the molecule is CNc1nc(Cl)nc(N2CC3(CC(N(C)SN)C3)C2)c1C=N. The van der Waals surface area contributed by atoms with Crippen molar-refractivity contribution in [3.8, 4) is 0 Å². The fourth-order valence-corrected chi connectivity index (χ4v) is 3.94. The molecule has 1 spiro atoms. The van der Waals surface area contributed by atoms with Crippen LogP contribution in [0.1, 0.15) is 18.4 Å². The minimum absolute atomic E-state index is 0.205. The lowest BCUT2D eigenvalue weighted by molar-refractivity contribution is 0.0238. The van der Waals surface area contributed by atoms with E-state index in [4.69, 9.17) is 22.1 Å². The number of hydrogen-bond donors (Lipinski definition) is 3. The molecule has 2 fully saturated rings. The second kappa shape index (κ2) is 5.84. The van der Waals surface area contributed by atoms with Crippen LogP contribution in [0.4, 0.5) is 11.6 Å². The molecular weight excluding hydrogens is 322 g/mol. The van der Waals surface area contributed by atoms with Crippen LogP contribution in [0.15, 0.2) is 0 Å². The van der Waals surface area contributed by atoms with Gasteiger partial charge in [0.25, 0.3) is 0 Å². The average Bonchev–Trinajstić information content (AvgIpc) is 2.43. The first-order valence-electron chi connectivity index (χ1n) is 7.12. The normalized spacial score (nSPS) is 20.0. The highest BCUT2D eigenvalue weighted by Gasteiger charge is 2.54. The maximum Gasteiger partial charge on any atom is 0.226 e. The van der Waals surface area contributed by atoms with Crippen molar-refractivity contribution in [1.29, 1.82) is 5.41 Å². The van der Waals surface area contributed by atoms with Crippen LogP contribution in [0.25, 0.3) is 0 Å². The second-order valence-electron chi connectivity index (χ2n) is 6.04. The van der Waals surface area contributed by atoms with Gasteiger partial charge >= 0.3 is 0 Å². The smallest absolute Gasteiger partial charge is 0.226 e. The average molecular weight is 342 g/mol. The molecular formula is C13H20ClN7S.